The van der Waals surface area contributed by atoms with E-state index in [9.17, 15) is 9.50 Å². The molecule has 2 heterocycles. The van der Waals surface area contributed by atoms with E-state index in [2.05, 4.69) is 9.55 Å². The molecule has 4 heteroatoms. The van der Waals surface area contributed by atoms with E-state index in [-0.39, 0.29) is 18.5 Å². The lowest BCUT2D eigenvalue weighted by Crippen LogP contribution is -2.20. The van der Waals surface area contributed by atoms with Gasteiger partial charge in [-0.05, 0) is 30.5 Å². The molecular weight excluding hydrogens is 243 g/mol. The smallest absolute Gasteiger partial charge is 0.123 e. The molecule has 0 amide bonds. The molecule has 0 bridgehead atoms. The molecule has 1 aromatic heterocycles. The highest BCUT2D eigenvalue weighted by Crippen LogP contribution is 2.25. The highest BCUT2D eigenvalue weighted by molar-refractivity contribution is 5.22. The number of aromatic nitrogens is 2. The molecule has 0 aliphatic carbocycles. The van der Waals surface area contributed by atoms with Gasteiger partial charge in [0.05, 0.1) is 18.3 Å². The minimum absolute atomic E-state index is 0.150. The molecule has 3 rings (SSSR count). The van der Waals surface area contributed by atoms with Crippen molar-refractivity contribution in [2.24, 2.45) is 0 Å². The third-order valence-electron chi connectivity index (χ3n) is 3.67. The lowest BCUT2D eigenvalue weighted by Gasteiger charge is -2.22. The number of aryl methyl sites for hydroxylation is 1. The van der Waals surface area contributed by atoms with Crippen molar-refractivity contribution in [3.63, 3.8) is 0 Å². The molecule has 0 saturated heterocycles. The van der Waals surface area contributed by atoms with Gasteiger partial charge >= 0.3 is 0 Å². The normalized spacial score (nSPS) is 18.3. The first-order valence-electron chi connectivity index (χ1n) is 6.68. The maximum absolute atomic E-state index is 13.2. The zero-order chi connectivity index (χ0) is 13.2. The molecule has 100 valence electrons. The molecule has 0 spiro atoms. The van der Waals surface area contributed by atoms with E-state index in [1.807, 2.05) is 12.3 Å². The second-order valence-electron chi connectivity index (χ2n) is 5.09. The van der Waals surface area contributed by atoms with Gasteiger partial charge in [-0.3, -0.25) is 0 Å². The van der Waals surface area contributed by atoms with E-state index in [4.69, 9.17) is 0 Å². The van der Waals surface area contributed by atoms with Crippen LogP contribution in [0.4, 0.5) is 4.39 Å². The Morgan fingerprint density at radius 3 is 3.11 bits per heavy atom. The van der Waals surface area contributed by atoms with Gasteiger partial charge in [0.2, 0.25) is 0 Å². The van der Waals surface area contributed by atoms with Crippen molar-refractivity contribution in [1.29, 1.82) is 0 Å². The minimum Gasteiger partial charge on any atom is -0.394 e. The van der Waals surface area contributed by atoms with Gasteiger partial charge in [0.1, 0.15) is 11.6 Å². The summed E-state index contributed by atoms with van der Waals surface area (Å²) < 4.78 is 15.2. The zero-order valence-electron chi connectivity index (χ0n) is 10.7. The van der Waals surface area contributed by atoms with Crippen molar-refractivity contribution >= 4 is 0 Å². The second kappa shape index (κ2) is 5.13. The van der Waals surface area contributed by atoms with Gasteiger partial charge in [-0.25, -0.2) is 9.37 Å². The van der Waals surface area contributed by atoms with Crippen molar-refractivity contribution in [3.05, 3.63) is 53.4 Å². The first-order chi connectivity index (χ1) is 9.26. The summed E-state index contributed by atoms with van der Waals surface area (Å²) in [7, 11) is 0. The summed E-state index contributed by atoms with van der Waals surface area (Å²) in [6.45, 7) is 0.156. The van der Waals surface area contributed by atoms with Gasteiger partial charge in [-0.15, -0.1) is 0 Å². The van der Waals surface area contributed by atoms with Crippen molar-refractivity contribution in [2.45, 2.75) is 31.7 Å². The second-order valence-corrected chi connectivity index (χ2v) is 5.09. The summed E-state index contributed by atoms with van der Waals surface area (Å²) in [6.07, 6.45) is 5.66. The molecule has 2 aromatic rings. The van der Waals surface area contributed by atoms with E-state index < -0.39 is 0 Å². The summed E-state index contributed by atoms with van der Waals surface area (Å²) in [4.78, 5) is 4.60. The number of halogens is 1. The van der Waals surface area contributed by atoms with E-state index in [0.29, 0.717) is 6.42 Å². The molecule has 0 saturated carbocycles. The number of imidazole rings is 1. The van der Waals surface area contributed by atoms with Crippen LogP contribution in [0.3, 0.4) is 0 Å². The summed E-state index contributed by atoms with van der Waals surface area (Å²) in [5.74, 6) is 0.825. The maximum atomic E-state index is 13.2. The van der Waals surface area contributed by atoms with Crippen LogP contribution in [0.25, 0.3) is 0 Å². The quantitative estimate of drug-likeness (QED) is 0.920. The van der Waals surface area contributed by atoms with Crippen LogP contribution in [-0.4, -0.2) is 21.3 Å². The molecule has 1 N–H and O–H groups in total. The van der Waals surface area contributed by atoms with E-state index in [1.54, 1.807) is 12.1 Å². The maximum Gasteiger partial charge on any atom is 0.123 e. The first-order valence-corrected chi connectivity index (χ1v) is 6.68. The Labute approximate surface area is 111 Å². The summed E-state index contributed by atoms with van der Waals surface area (Å²) >= 11 is 0. The Hall–Kier alpha value is -1.68. The fourth-order valence-electron chi connectivity index (χ4n) is 2.74. The molecule has 3 nitrogen and oxygen atoms in total. The highest BCUT2D eigenvalue weighted by Gasteiger charge is 2.20. The summed E-state index contributed by atoms with van der Waals surface area (Å²) in [5, 5.41) is 9.37. The Kier molecular flexibility index (Phi) is 3.34. The topological polar surface area (TPSA) is 38.1 Å². The largest absolute Gasteiger partial charge is 0.394 e. The van der Waals surface area contributed by atoms with Crippen molar-refractivity contribution < 1.29 is 9.50 Å². The van der Waals surface area contributed by atoms with Gasteiger partial charge in [-0.1, -0.05) is 12.1 Å². The Bertz CT molecular complexity index is 579. The lowest BCUT2D eigenvalue weighted by molar-refractivity contribution is 0.206. The van der Waals surface area contributed by atoms with Crippen LogP contribution in [0, 0.1) is 5.82 Å². The number of aliphatic hydroxyl groups is 1. The van der Waals surface area contributed by atoms with Crippen molar-refractivity contribution in [2.75, 3.05) is 6.61 Å². The van der Waals surface area contributed by atoms with Crippen molar-refractivity contribution in [1.82, 2.24) is 9.55 Å². The van der Waals surface area contributed by atoms with Gasteiger partial charge in [0, 0.05) is 19.0 Å². The van der Waals surface area contributed by atoms with Crippen LogP contribution in [-0.2, 0) is 12.8 Å². The average Bonchev–Trinajstić information content (AvgIpc) is 2.80. The number of aliphatic hydroxyl groups excluding tert-OH is 1. The first kappa shape index (κ1) is 12.4. The number of hydrogen-bond donors (Lipinski definition) is 1. The predicted octanol–water partition coefficient (Wildman–Crippen LogP) is 2.48. The molecule has 19 heavy (non-hydrogen) atoms. The Morgan fingerprint density at radius 2 is 2.32 bits per heavy atom. The van der Waals surface area contributed by atoms with Gasteiger partial charge in [-0.2, -0.15) is 0 Å². The van der Waals surface area contributed by atoms with E-state index in [0.717, 1.165) is 36.3 Å². The van der Waals surface area contributed by atoms with Crippen LogP contribution in [0.5, 0.6) is 0 Å². The van der Waals surface area contributed by atoms with Crippen LogP contribution in [0.2, 0.25) is 0 Å². The molecule has 1 aromatic carbocycles. The molecule has 1 aliphatic heterocycles. The van der Waals surface area contributed by atoms with E-state index >= 15 is 0 Å². The van der Waals surface area contributed by atoms with Gasteiger partial charge in [0.25, 0.3) is 0 Å². The Morgan fingerprint density at radius 1 is 1.42 bits per heavy atom. The lowest BCUT2D eigenvalue weighted by atomic mass is 10.1. The number of fused-ring (bicyclic) bond motifs is 1. The molecular formula is C15H17FN2O. The average molecular weight is 260 g/mol. The van der Waals surface area contributed by atoms with Gasteiger partial charge in [0.15, 0.2) is 0 Å². The number of hydrogen-bond acceptors (Lipinski definition) is 2. The molecule has 1 unspecified atom stereocenters. The highest BCUT2D eigenvalue weighted by atomic mass is 19.1. The number of nitrogens with zero attached hydrogens (tertiary/aromatic N) is 2. The fraction of sp³-hybridized carbons (Fsp3) is 0.400. The molecule has 1 aliphatic rings. The molecule has 0 radical (unpaired) electrons. The van der Waals surface area contributed by atoms with Crippen molar-refractivity contribution in [3.8, 4) is 0 Å². The fourth-order valence-corrected chi connectivity index (χ4v) is 2.74. The number of benzene rings is 1. The molecule has 0 fully saturated rings. The zero-order valence-corrected chi connectivity index (χ0v) is 10.7. The SMILES string of the molecule is OCC1CCCc2nc(Cc3cccc(F)c3)cn21. The van der Waals surface area contributed by atoms with E-state index in [1.165, 1.54) is 6.07 Å². The summed E-state index contributed by atoms with van der Waals surface area (Å²) in [6, 6.07) is 6.77. The predicted molar refractivity (Wildman–Crippen MR) is 70.5 cm³/mol. The van der Waals surface area contributed by atoms with Gasteiger partial charge < -0.3 is 9.67 Å². The Balaban J connectivity index is 1.85. The summed E-state index contributed by atoms with van der Waals surface area (Å²) in [5.41, 5.74) is 1.87. The third kappa shape index (κ3) is 2.54. The van der Waals surface area contributed by atoms with Crippen LogP contribution in [0.15, 0.2) is 30.5 Å². The number of rotatable bonds is 3. The van der Waals surface area contributed by atoms with Crippen LogP contribution >= 0.6 is 0 Å². The van der Waals surface area contributed by atoms with Crippen LogP contribution in [0.1, 0.15) is 36.0 Å². The monoisotopic (exact) mass is 260 g/mol. The standard InChI is InChI=1S/C15H17FN2O/c16-12-4-1-3-11(7-12)8-13-9-18-14(10-19)5-2-6-15(18)17-13/h1,3-4,7,9,14,19H,2,5-6,8,10H2. The third-order valence-corrected chi connectivity index (χ3v) is 3.67. The minimum atomic E-state index is -0.213. The van der Waals surface area contributed by atoms with Crippen LogP contribution < -0.4 is 0 Å². The molecule has 1 atom stereocenters.